The van der Waals surface area contributed by atoms with Crippen LogP contribution in [-0.2, 0) is 21.5 Å². The van der Waals surface area contributed by atoms with E-state index < -0.39 is 16.3 Å². The largest absolute Gasteiger partial charge is 0.349 e. The first-order chi connectivity index (χ1) is 9.82. The molecule has 0 aromatic carbocycles. The van der Waals surface area contributed by atoms with E-state index in [1.54, 1.807) is 0 Å². The molecule has 118 valence electrons. The number of amides is 1. The molecule has 1 N–H and O–H groups in total. The number of carbonyl (C=O) groups excluding carboxylic acids is 1. The van der Waals surface area contributed by atoms with E-state index in [2.05, 4.69) is 10.3 Å². The highest BCUT2D eigenvalue weighted by Crippen LogP contribution is 2.22. The Bertz CT molecular complexity index is 612. The molecule has 1 aromatic rings. The van der Waals surface area contributed by atoms with Gasteiger partial charge in [-0.15, -0.1) is 11.3 Å². The molecule has 1 unspecified atom stereocenters. The maximum Gasteiger partial charge on any atom is 0.282 e. The summed E-state index contributed by atoms with van der Waals surface area (Å²) in [4.78, 5) is 16.5. The molecule has 1 atom stereocenters. The number of nitrogens with zero attached hydrogens (tertiary/aromatic N) is 3. The molecular weight excluding hydrogens is 312 g/mol. The highest BCUT2D eigenvalue weighted by molar-refractivity contribution is 7.86. The van der Waals surface area contributed by atoms with Crippen molar-refractivity contribution in [1.82, 2.24) is 18.9 Å². The zero-order valence-corrected chi connectivity index (χ0v) is 14.0. The van der Waals surface area contributed by atoms with Gasteiger partial charge in [0.15, 0.2) is 0 Å². The van der Waals surface area contributed by atoms with E-state index in [1.807, 2.05) is 12.3 Å². The Hall–Kier alpha value is -1.03. The lowest BCUT2D eigenvalue weighted by Crippen LogP contribution is -2.49. The predicted molar refractivity (Wildman–Crippen MR) is 81.0 cm³/mol. The molecule has 21 heavy (non-hydrogen) atoms. The van der Waals surface area contributed by atoms with Gasteiger partial charge in [-0.25, -0.2) is 4.98 Å². The van der Waals surface area contributed by atoms with E-state index in [9.17, 15) is 13.2 Å². The number of rotatable bonds is 5. The van der Waals surface area contributed by atoms with Crippen LogP contribution in [-0.4, -0.2) is 54.6 Å². The quantitative estimate of drug-likeness (QED) is 0.843. The van der Waals surface area contributed by atoms with E-state index in [0.29, 0.717) is 25.9 Å². The first-order valence-electron chi connectivity index (χ1n) is 6.70. The second kappa shape index (κ2) is 6.39. The molecule has 1 amide bonds. The SMILES string of the molecule is Cc1nc(CNC(=O)C2CCCN2S(=O)(=O)N(C)C)cs1. The molecule has 1 aromatic heterocycles. The number of hydrogen-bond acceptors (Lipinski definition) is 5. The van der Waals surface area contributed by atoms with Crippen molar-refractivity contribution in [2.45, 2.75) is 32.4 Å². The minimum Gasteiger partial charge on any atom is -0.349 e. The van der Waals surface area contributed by atoms with Crippen molar-refractivity contribution in [1.29, 1.82) is 0 Å². The van der Waals surface area contributed by atoms with Crippen molar-refractivity contribution in [2.75, 3.05) is 20.6 Å². The van der Waals surface area contributed by atoms with Gasteiger partial charge in [-0.2, -0.15) is 17.0 Å². The Labute approximate surface area is 129 Å². The van der Waals surface area contributed by atoms with Crippen LogP contribution in [0.2, 0.25) is 0 Å². The molecule has 0 saturated carbocycles. The van der Waals surface area contributed by atoms with E-state index in [1.165, 1.54) is 29.7 Å². The summed E-state index contributed by atoms with van der Waals surface area (Å²) in [6, 6.07) is -0.628. The van der Waals surface area contributed by atoms with Gasteiger partial charge in [-0.1, -0.05) is 0 Å². The molecule has 1 saturated heterocycles. The standard InChI is InChI=1S/C12H20N4O3S2/c1-9-14-10(8-20-9)7-13-12(17)11-5-4-6-16(11)21(18,19)15(2)3/h8,11H,4-7H2,1-3H3,(H,13,17). The lowest BCUT2D eigenvalue weighted by atomic mass is 10.2. The van der Waals surface area contributed by atoms with Crippen LogP contribution in [0, 0.1) is 6.92 Å². The summed E-state index contributed by atoms with van der Waals surface area (Å²) in [5.74, 6) is -0.261. The highest BCUT2D eigenvalue weighted by atomic mass is 32.2. The van der Waals surface area contributed by atoms with E-state index in [-0.39, 0.29) is 5.91 Å². The maximum absolute atomic E-state index is 12.2. The average molecular weight is 332 g/mol. The van der Waals surface area contributed by atoms with Crippen molar-refractivity contribution in [3.8, 4) is 0 Å². The minimum atomic E-state index is -3.56. The van der Waals surface area contributed by atoms with Crippen LogP contribution in [0.3, 0.4) is 0 Å². The van der Waals surface area contributed by atoms with Crippen molar-refractivity contribution in [3.05, 3.63) is 16.1 Å². The van der Waals surface area contributed by atoms with Crippen molar-refractivity contribution >= 4 is 27.5 Å². The third-order valence-corrected chi connectivity index (χ3v) is 6.15. The average Bonchev–Trinajstić information content (AvgIpc) is 3.04. The van der Waals surface area contributed by atoms with Crippen LogP contribution in [0.1, 0.15) is 23.5 Å². The zero-order chi connectivity index (χ0) is 15.6. The van der Waals surface area contributed by atoms with Crippen LogP contribution in [0.15, 0.2) is 5.38 Å². The second-order valence-corrected chi connectivity index (χ2v) is 8.29. The Morgan fingerprint density at radius 1 is 1.57 bits per heavy atom. The Morgan fingerprint density at radius 2 is 2.29 bits per heavy atom. The topological polar surface area (TPSA) is 82.6 Å². The molecule has 2 heterocycles. The fraction of sp³-hybridized carbons (Fsp3) is 0.667. The molecule has 0 radical (unpaired) electrons. The van der Waals surface area contributed by atoms with Crippen molar-refractivity contribution in [2.24, 2.45) is 0 Å². The molecule has 0 bridgehead atoms. The van der Waals surface area contributed by atoms with Gasteiger partial charge >= 0.3 is 0 Å². The summed E-state index contributed by atoms with van der Waals surface area (Å²) in [6.07, 6.45) is 1.25. The van der Waals surface area contributed by atoms with Crippen LogP contribution < -0.4 is 5.32 Å². The lowest BCUT2D eigenvalue weighted by Gasteiger charge is -2.26. The molecule has 1 aliphatic rings. The summed E-state index contributed by atoms with van der Waals surface area (Å²) < 4.78 is 26.8. The van der Waals surface area contributed by atoms with Gasteiger partial charge in [0.2, 0.25) is 5.91 Å². The van der Waals surface area contributed by atoms with Crippen LogP contribution in [0.25, 0.3) is 0 Å². The smallest absolute Gasteiger partial charge is 0.282 e. The monoisotopic (exact) mass is 332 g/mol. The Balaban J connectivity index is 2.01. The molecule has 0 aliphatic carbocycles. The molecule has 0 spiro atoms. The van der Waals surface area contributed by atoms with Gasteiger partial charge in [0.1, 0.15) is 6.04 Å². The summed E-state index contributed by atoms with van der Waals surface area (Å²) in [5.41, 5.74) is 0.797. The number of hydrogen-bond donors (Lipinski definition) is 1. The van der Waals surface area contributed by atoms with Crippen LogP contribution >= 0.6 is 11.3 Å². The van der Waals surface area contributed by atoms with Gasteiger partial charge < -0.3 is 5.32 Å². The summed E-state index contributed by atoms with van der Waals surface area (Å²) >= 11 is 1.52. The third-order valence-electron chi connectivity index (χ3n) is 3.37. The van der Waals surface area contributed by atoms with Gasteiger partial charge in [0.05, 0.1) is 17.2 Å². The number of nitrogens with one attached hydrogen (secondary N) is 1. The molecule has 2 rings (SSSR count). The van der Waals surface area contributed by atoms with E-state index >= 15 is 0 Å². The van der Waals surface area contributed by atoms with Gasteiger partial charge in [0, 0.05) is 26.0 Å². The predicted octanol–water partition coefficient (Wildman–Crippen LogP) is 0.339. The molecule has 1 fully saturated rings. The van der Waals surface area contributed by atoms with Crippen LogP contribution in [0.5, 0.6) is 0 Å². The van der Waals surface area contributed by atoms with Gasteiger partial charge in [-0.05, 0) is 19.8 Å². The lowest BCUT2D eigenvalue weighted by molar-refractivity contribution is -0.124. The summed E-state index contributed by atoms with van der Waals surface area (Å²) in [7, 11) is -0.612. The second-order valence-electron chi connectivity index (χ2n) is 5.13. The number of aryl methyl sites for hydroxylation is 1. The normalized spacial score (nSPS) is 20.1. The Morgan fingerprint density at radius 3 is 2.86 bits per heavy atom. The number of carbonyl (C=O) groups is 1. The fourth-order valence-corrected chi connectivity index (χ4v) is 4.19. The number of aromatic nitrogens is 1. The maximum atomic E-state index is 12.2. The minimum absolute atomic E-state index is 0.261. The third kappa shape index (κ3) is 3.60. The van der Waals surface area contributed by atoms with E-state index in [4.69, 9.17) is 0 Å². The van der Waals surface area contributed by atoms with E-state index in [0.717, 1.165) is 15.0 Å². The highest BCUT2D eigenvalue weighted by Gasteiger charge is 2.39. The van der Waals surface area contributed by atoms with Gasteiger partial charge in [-0.3, -0.25) is 4.79 Å². The molecule has 7 nitrogen and oxygen atoms in total. The summed E-state index contributed by atoms with van der Waals surface area (Å²) in [6.45, 7) is 2.61. The first-order valence-corrected chi connectivity index (χ1v) is 8.98. The molecule has 1 aliphatic heterocycles. The van der Waals surface area contributed by atoms with Crippen molar-refractivity contribution in [3.63, 3.8) is 0 Å². The van der Waals surface area contributed by atoms with Gasteiger partial charge in [0.25, 0.3) is 10.2 Å². The van der Waals surface area contributed by atoms with Crippen LogP contribution in [0.4, 0.5) is 0 Å². The Kier molecular flexibility index (Phi) is 4.97. The first kappa shape index (κ1) is 16.3. The molecule has 9 heteroatoms. The zero-order valence-electron chi connectivity index (χ0n) is 12.4. The summed E-state index contributed by atoms with van der Waals surface area (Å²) in [5, 5.41) is 5.60. The van der Waals surface area contributed by atoms with Crippen molar-refractivity contribution < 1.29 is 13.2 Å². The fourth-order valence-electron chi connectivity index (χ4n) is 2.27. The molecular formula is C12H20N4O3S2. The number of thiazole rings is 1.